The van der Waals surface area contributed by atoms with Gasteiger partial charge in [0.05, 0.1) is 13.2 Å². The number of carbonyl (C=O) groups excluding carboxylic acids is 1. The van der Waals surface area contributed by atoms with Gasteiger partial charge < -0.3 is 15.8 Å². The van der Waals surface area contributed by atoms with Crippen LogP contribution in [0.25, 0.3) is 0 Å². The van der Waals surface area contributed by atoms with Crippen molar-refractivity contribution in [1.82, 2.24) is 5.32 Å². The van der Waals surface area contributed by atoms with Crippen molar-refractivity contribution >= 4 is 5.91 Å². The highest BCUT2D eigenvalue weighted by molar-refractivity contribution is 5.73. The molecule has 0 aliphatic carbocycles. The molecule has 1 amide bonds. The van der Waals surface area contributed by atoms with E-state index in [1.807, 2.05) is 0 Å². The Morgan fingerprint density at radius 1 is 1.67 bits per heavy atom. The molecule has 1 aliphatic rings. The minimum Gasteiger partial charge on any atom is -0.379 e. The maximum atomic E-state index is 10.3. The normalized spacial score (nSPS) is 22.8. The van der Waals surface area contributed by atoms with Crippen LogP contribution in [0, 0.1) is 0 Å². The topological polar surface area (TPSA) is 64.4 Å². The van der Waals surface area contributed by atoms with Gasteiger partial charge in [-0.25, -0.2) is 0 Å². The first-order chi connectivity index (χ1) is 5.79. The summed E-state index contributed by atoms with van der Waals surface area (Å²) in [5, 5.41) is 3.30. The van der Waals surface area contributed by atoms with Crippen molar-refractivity contribution in [2.45, 2.75) is 25.3 Å². The van der Waals surface area contributed by atoms with Gasteiger partial charge >= 0.3 is 0 Å². The van der Waals surface area contributed by atoms with E-state index in [2.05, 4.69) is 5.32 Å². The van der Waals surface area contributed by atoms with Crippen molar-refractivity contribution in [2.75, 3.05) is 19.8 Å². The van der Waals surface area contributed by atoms with Gasteiger partial charge in [0.25, 0.3) is 0 Å². The van der Waals surface area contributed by atoms with Crippen LogP contribution >= 0.6 is 0 Å². The molecule has 0 bridgehead atoms. The molecule has 12 heavy (non-hydrogen) atoms. The molecule has 1 heterocycles. The van der Waals surface area contributed by atoms with E-state index in [0.29, 0.717) is 25.7 Å². The second-order valence-electron chi connectivity index (χ2n) is 3.08. The lowest BCUT2D eigenvalue weighted by atomic mass is 10.2. The molecular weight excluding hydrogens is 156 g/mol. The maximum Gasteiger partial charge on any atom is 0.219 e. The van der Waals surface area contributed by atoms with Crippen molar-refractivity contribution < 1.29 is 9.53 Å². The number of ether oxygens (including phenoxy) is 1. The Hall–Kier alpha value is -0.610. The van der Waals surface area contributed by atoms with E-state index in [-0.39, 0.29) is 5.91 Å². The summed E-state index contributed by atoms with van der Waals surface area (Å²) in [6.07, 6.45) is 2.73. The summed E-state index contributed by atoms with van der Waals surface area (Å²) in [6, 6.07) is 0.484. The molecular formula is C8H16N2O2. The number of hydrogen-bond donors (Lipinski definition) is 2. The highest BCUT2D eigenvalue weighted by Crippen LogP contribution is 2.04. The molecule has 4 nitrogen and oxygen atoms in total. The Morgan fingerprint density at radius 2 is 2.50 bits per heavy atom. The smallest absolute Gasteiger partial charge is 0.219 e. The van der Waals surface area contributed by atoms with Gasteiger partial charge in [-0.2, -0.15) is 0 Å². The average molecular weight is 172 g/mol. The standard InChI is InChI=1S/C8H16N2O2/c9-8(11)3-5-12-6-7-2-1-4-10-7/h7,10H,1-6H2,(H2,9,11)/t7-/m1/s1. The van der Waals surface area contributed by atoms with Crippen LogP contribution in [-0.2, 0) is 9.53 Å². The summed E-state index contributed by atoms with van der Waals surface area (Å²) in [6.45, 7) is 2.24. The second kappa shape index (κ2) is 5.11. The second-order valence-corrected chi connectivity index (χ2v) is 3.08. The summed E-state index contributed by atoms with van der Waals surface area (Å²) in [7, 11) is 0. The molecule has 1 atom stereocenters. The molecule has 1 saturated heterocycles. The first-order valence-electron chi connectivity index (χ1n) is 4.38. The van der Waals surface area contributed by atoms with Gasteiger partial charge in [-0.05, 0) is 19.4 Å². The number of carbonyl (C=O) groups is 1. The fourth-order valence-electron chi connectivity index (χ4n) is 1.30. The minimum absolute atomic E-state index is 0.297. The number of hydrogen-bond acceptors (Lipinski definition) is 3. The van der Waals surface area contributed by atoms with E-state index in [0.717, 1.165) is 6.54 Å². The maximum absolute atomic E-state index is 10.3. The molecule has 4 heteroatoms. The van der Waals surface area contributed by atoms with Crippen LogP contribution in [0.3, 0.4) is 0 Å². The molecule has 0 saturated carbocycles. The van der Waals surface area contributed by atoms with E-state index < -0.39 is 0 Å². The van der Waals surface area contributed by atoms with Crippen LogP contribution < -0.4 is 11.1 Å². The molecule has 0 radical (unpaired) electrons. The third kappa shape index (κ3) is 3.69. The van der Waals surface area contributed by atoms with Crippen molar-refractivity contribution in [3.8, 4) is 0 Å². The summed E-state index contributed by atoms with van der Waals surface area (Å²) < 4.78 is 5.27. The highest BCUT2D eigenvalue weighted by Gasteiger charge is 2.13. The molecule has 0 aromatic carbocycles. The van der Waals surface area contributed by atoms with Gasteiger partial charge in [0, 0.05) is 12.5 Å². The quantitative estimate of drug-likeness (QED) is 0.556. The molecule has 1 aliphatic heterocycles. The van der Waals surface area contributed by atoms with Crippen LogP contribution in [0.2, 0.25) is 0 Å². The molecule has 0 spiro atoms. The number of amides is 1. The van der Waals surface area contributed by atoms with E-state index >= 15 is 0 Å². The lowest BCUT2D eigenvalue weighted by Gasteiger charge is -2.09. The lowest BCUT2D eigenvalue weighted by Crippen LogP contribution is -2.27. The van der Waals surface area contributed by atoms with E-state index in [4.69, 9.17) is 10.5 Å². The third-order valence-electron chi connectivity index (χ3n) is 1.97. The Balaban J connectivity index is 1.91. The number of rotatable bonds is 5. The zero-order chi connectivity index (χ0) is 8.81. The van der Waals surface area contributed by atoms with Gasteiger partial charge in [0.2, 0.25) is 5.91 Å². The van der Waals surface area contributed by atoms with Gasteiger partial charge in [0.15, 0.2) is 0 Å². The van der Waals surface area contributed by atoms with E-state index in [9.17, 15) is 4.79 Å². The fourth-order valence-corrected chi connectivity index (χ4v) is 1.30. The van der Waals surface area contributed by atoms with E-state index in [1.54, 1.807) is 0 Å². The lowest BCUT2D eigenvalue weighted by molar-refractivity contribution is -0.119. The van der Waals surface area contributed by atoms with Crippen LogP contribution in [0.5, 0.6) is 0 Å². The van der Waals surface area contributed by atoms with Gasteiger partial charge in [0.1, 0.15) is 0 Å². The number of nitrogens with two attached hydrogens (primary N) is 1. The Morgan fingerprint density at radius 3 is 3.08 bits per heavy atom. The molecule has 3 N–H and O–H groups in total. The highest BCUT2D eigenvalue weighted by atomic mass is 16.5. The summed E-state index contributed by atoms with van der Waals surface area (Å²) in [4.78, 5) is 10.3. The molecule has 70 valence electrons. The molecule has 0 aromatic rings. The Kier molecular flexibility index (Phi) is 4.04. The van der Waals surface area contributed by atoms with Crippen molar-refractivity contribution in [1.29, 1.82) is 0 Å². The SMILES string of the molecule is NC(=O)CCOC[C@H]1CCCN1. The van der Waals surface area contributed by atoms with Crippen LogP contribution in [0.4, 0.5) is 0 Å². The molecule has 0 aromatic heterocycles. The van der Waals surface area contributed by atoms with Gasteiger partial charge in [-0.3, -0.25) is 4.79 Å². The molecule has 0 unspecified atom stereocenters. The van der Waals surface area contributed by atoms with Crippen LogP contribution in [0.15, 0.2) is 0 Å². The number of primary amides is 1. The zero-order valence-corrected chi connectivity index (χ0v) is 7.21. The molecule has 1 rings (SSSR count). The van der Waals surface area contributed by atoms with Crippen LogP contribution in [0.1, 0.15) is 19.3 Å². The average Bonchev–Trinajstić information content (AvgIpc) is 2.49. The Bertz CT molecular complexity index is 144. The minimum atomic E-state index is -0.297. The van der Waals surface area contributed by atoms with E-state index in [1.165, 1.54) is 12.8 Å². The predicted molar refractivity (Wildman–Crippen MR) is 45.7 cm³/mol. The fraction of sp³-hybridized carbons (Fsp3) is 0.875. The summed E-state index contributed by atoms with van der Waals surface area (Å²) >= 11 is 0. The first-order valence-corrected chi connectivity index (χ1v) is 4.38. The zero-order valence-electron chi connectivity index (χ0n) is 7.21. The summed E-state index contributed by atoms with van der Waals surface area (Å²) in [5.41, 5.74) is 4.95. The van der Waals surface area contributed by atoms with Crippen molar-refractivity contribution in [3.63, 3.8) is 0 Å². The first kappa shape index (κ1) is 9.48. The monoisotopic (exact) mass is 172 g/mol. The summed E-state index contributed by atoms with van der Waals surface area (Å²) in [5.74, 6) is -0.297. The molecule has 1 fully saturated rings. The van der Waals surface area contributed by atoms with Crippen molar-refractivity contribution in [3.05, 3.63) is 0 Å². The van der Waals surface area contributed by atoms with Gasteiger partial charge in [-0.1, -0.05) is 0 Å². The third-order valence-corrected chi connectivity index (χ3v) is 1.97. The van der Waals surface area contributed by atoms with Gasteiger partial charge in [-0.15, -0.1) is 0 Å². The largest absolute Gasteiger partial charge is 0.379 e. The predicted octanol–water partition coefficient (Wildman–Crippen LogP) is -0.370. The van der Waals surface area contributed by atoms with Crippen molar-refractivity contribution in [2.24, 2.45) is 5.73 Å². The number of nitrogens with one attached hydrogen (secondary N) is 1. The Labute approximate surface area is 72.5 Å². The van der Waals surface area contributed by atoms with Crippen LogP contribution in [-0.4, -0.2) is 31.7 Å².